The fourth-order valence-electron chi connectivity index (χ4n) is 4.19. The zero-order valence-electron chi connectivity index (χ0n) is 19.2. The van der Waals surface area contributed by atoms with Crippen LogP contribution in [0.15, 0.2) is 47.6 Å². The van der Waals surface area contributed by atoms with Gasteiger partial charge in [0.05, 0.1) is 0 Å². The van der Waals surface area contributed by atoms with Crippen molar-refractivity contribution in [3.05, 3.63) is 64.7 Å². The Hall–Kier alpha value is -4.42. The van der Waals surface area contributed by atoms with Crippen molar-refractivity contribution >= 4 is 29.3 Å². The summed E-state index contributed by atoms with van der Waals surface area (Å²) in [7, 11) is 0. The number of ether oxygens (including phenoxy) is 1. The molecule has 2 heterocycles. The van der Waals surface area contributed by atoms with Gasteiger partial charge in [0.15, 0.2) is 0 Å². The number of hydrogen-bond acceptors (Lipinski definition) is 7. The lowest BCUT2D eigenvalue weighted by Gasteiger charge is -2.29. The van der Waals surface area contributed by atoms with E-state index in [1.54, 1.807) is 18.2 Å². The number of nitrogens with one attached hydrogen (secondary N) is 2. The molecule has 0 spiro atoms. The van der Waals surface area contributed by atoms with Gasteiger partial charge in [0.2, 0.25) is 11.8 Å². The number of imide groups is 1. The maximum Gasteiger partial charge on any atom is 0.573 e. The lowest BCUT2D eigenvalue weighted by molar-refractivity contribution is -0.274. The predicted molar refractivity (Wildman–Crippen MR) is 120 cm³/mol. The molecule has 0 aliphatic carbocycles. The number of piperidine rings is 1. The molecule has 13 heteroatoms. The van der Waals surface area contributed by atoms with Crippen molar-refractivity contribution < 1.29 is 42.3 Å². The monoisotopic (exact) mass is 518 g/mol. The average Bonchev–Trinajstić information content (AvgIpc) is 3.16. The molecule has 1 saturated heterocycles. The summed E-state index contributed by atoms with van der Waals surface area (Å²) in [6.45, 7) is 0.218. The van der Waals surface area contributed by atoms with Gasteiger partial charge in [-0.15, -0.1) is 13.2 Å². The van der Waals surface area contributed by atoms with E-state index in [-0.39, 0.29) is 49.9 Å². The second kappa shape index (κ2) is 10.3. The maximum absolute atomic E-state index is 12.8. The molecule has 0 bridgehead atoms. The summed E-state index contributed by atoms with van der Waals surface area (Å²) in [6.07, 6.45) is -4.58. The predicted octanol–water partition coefficient (Wildman–Crippen LogP) is 2.04. The van der Waals surface area contributed by atoms with Crippen LogP contribution in [0.5, 0.6) is 5.75 Å². The highest BCUT2D eigenvalue weighted by Gasteiger charge is 2.39. The molecular formula is C24H21F3N4O6. The van der Waals surface area contributed by atoms with Crippen molar-refractivity contribution in [2.75, 3.05) is 0 Å². The van der Waals surface area contributed by atoms with E-state index in [4.69, 9.17) is 0 Å². The molecule has 0 aromatic heterocycles. The Morgan fingerprint density at radius 3 is 2.49 bits per heavy atom. The quantitative estimate of drug-likeness (QED) is 0.222. The van der Waals surface area contributed by atoms with Crippen molar-refractivity contribution in [2.24, 2.45) is 5.16 Å². The molecule has 194 valence electrons. The van der Waals surface area contributed by atoms with Gasteiger partial charge in [-0.25, -0.2) is 0 Å². The van der Waals surface area contributed by atoms with Crippen LogP contribution in [0, 0.1) is 0 Å². The van der Waals surface area contributed by atoms with Crippen LogP contribution in [0.4, 0.5) is 13.2 Å². The molecule has 2 aliphatic rings. The first-order valence-corrected chi connectivity index (χ1v) is 11.1. The second-order valence-corrected chi connectivity index (χ2v) is 8.49. The van der Waals surface area contributed by atoms with Gasteiger partial charge in [0.25, 0.3) is 11.8 Å². The summed E-state index contributed by atoms with van der Waals surface area (Å²) < 4.78 is 40.7. The number of amides is 4. The van der Waals surface area contributed by atoms with Gasteiger partial charge in [-0.3, -0.25) is 24.5 Å². The number of carbonyl (C=O) groups excluding carboxylic acids is 4. The Balaban J connectivity index is 1.35. The minimum absolute atomic E-state index is 0.0378. The summed E-state index contributed by atoms with van der Waals surface area (Å²) in [4.78, 5) is 50.3. The minimum Gasteiger partial charge on any atom is -0.410 e. The molecule has 4 rings (SSSR count). The van der Waals surface area contributed by atoms with Gasteiger partial charge in [-0.2, -0.15) is 0 Å². The van der Waals surface area contributed by atoms with Crippen LogP contribution < -0.4 is 15.4 Å². The Bertz CT molecular complexity index is 1280. The molecule has 3 N–H and O–H groups in total. The average molecular weight is 518 g/mol. The summed E-state index contributed by atoms with van der Waals surface area (Å²) in [5.41, 5.74) is 1.90. The fourth-order valence-corrected chi connectivity index (χ4v) is 4.19. The third kappa shape index (κ3) is 6.05. The Morgan fingerprint density at radius 1 is 1.14 bits per heavy atom. The molecule has 2 aliphatic heterocycles. The minimum atomic E-state index is -4.83. The molecular weight excluding hydrogens is 497 g/mol. The molecule has 1 fully saturated rings. The molecule has 0 radical (unpaired) electrons. The zero-order chi connectivity index (χ0) is 26.7. The normalized spacial score (nSPS) is 17.9. The highest BCUT2D eigenvalue weighted by molar-refractivity contribution is 6.39. The number of benzene rings is 2. The van der Waals surface area contributed by atoms with Crippen molar-refractivity contribution in [3.8, 4) is 5.75 Å². The first-order chi connectivity index (χ1) is 17.5. The van der Waals surface area contributed by atoms with Gasteiger partial charge in [-0.05, 0) is 41.3 Å². The summed E-state index contributed by atoms with van der Waals surface area (Å²) in [6, 6.07) is 9.00. The van der Waals surface area contributed by atoms with Crippen molar-refractivity contribution in [3.63, 3.8) is 0 Å². The number of alkyl halides is 3. The van der Waals surface area contributed by atoms with Gasteiger partial charge < -0.3 is 20.2 Å². The highest BCUT2D eigenvalue weighted by atomic mass is 19.4. The van der Waals surface area contributed by atoms with Crippen molar-refractivity contribution in [1.29, 1.82) is 0 Å². The number of hydrogen-bond donors (Lipinski definition) is 3. The molecule has 2 aromatic rings. The summed E-state index contributed by atoms with van der Waals surface area (Å²) in [5.74, 6) is -2.32. The third-order valence-electron chi connectivity index (χ3n) is 5.95. The van der Waals surface area contributed by atoms with E-state index in [0.717, 1.165) is 12.1 Å². The number of rotatable bonds is 7. The van der Waals surface area contributed by atoms with E-state index < -0.39 is 30.0 Å². The van der Waals surface area contributed by atoms with Gasteiger partial charge in [0, 0.05) is 31.5 Å². The van der Waals surface area contributed by atoms with Crippen LogP contribution in [0.1, 0.15) is 39.9 Å². The summed E-state index contributed by atoms with van der Waals surface area (Å²) >= 11 is 0. The van der Waals surface area contributed by atoms with Crippen LogP contribution in [-0.4, -0.2) is 51.9 Å². The van der Waals surface area contributed by atoms with Crippen LogP contribution >= 0.6 is 0 Å². The molecule has 0 saturated carbocycles. The highest BCUT2D eigenvalue weighted by Crippen LogP contribution is 2.28. The number of carbonyl (C=O) groups is 4. The third-order valence-corrected chi connectivity index (χ3v) is 5.95. The molecule has 37 heavy (non-hydrogen) atoms. The molecule has 10 nitrogen and oxygen atoms in total. The number of halogens is 3. The lowest BCUT2D eigenvalue weighted by Crippen LogP contribution is -2.52. The van der Waals surface area contributed by atoms with E-state index in [2.05, 4.69) is 20.5 Å². The van der Waals surface area contributed by atoms with Crippen LogP contribution in [0.25, 0.3) is 0 Å². The van der Waals surface area contributed by atoms with Crippen LogP contribution in [0.3, 0.4) is 0 Å². The molecule has 2 aromatic carbocycles. The first kappa shape index (κ1) is 25.7. The van der Waals surface area contributed by atoms with E-state index in [1.165, 1.54) is 17.0 Å². The Labute approximate surface area is 208 Å². The molecule has 1 unspecified atom stereocenters. The van der Waals surface area contributed by atoms with E-state index in [9.17, 15) is 37.6 Å². The van der Waals surface area contributed by atoms with E-state index in [0.29, 0.717) is 22.3 Å². The summed E-state index contributed by atoms with van der Waals surface area (Å²) in [5, 5.41) is 17.1. The zero-order valence-corrected chi connectivity index (χ0v) is 19.2. The lowest BCUT2D eigenvalue weighted by atomic mass is 10.0. The Morgan fingerprint density at radius 2 is 1.84 bits per heavy atom. The van der Waals surface area contributed by atoms with Gasteiger partial charge in [-0.1, -0.05) is 29.4 Å². The SMILES string of the molecule is O=C1CCC(N2Cc3cc(CNC(=O)/C(Cc4ccc(OC(F)(F)F)cc4)=N/O)ccc3C2=O)C(=O)N1. The van der Waals surface area contributed by atoms with Crippen molar-refractivity contribution in [2.45, 2.75) is 44.8 Å². The van der Waals surface area contributed by atoms with E-state index in [1.807, 2.05) is 0 Å². The largest absolute Gasteiger partial charge is 0.573 e. The van der Waals surface area contributed by atoms with Crippen molar-refractivity contribution in [1.82, 2.24) is 15.5 Å². The topological polar surface area (TPSA) is 137 Å². The maximum atomic E-state index is 12.8. The van der Waals surface area contributed by atoms with Gasteiger partial charge >= 0.3 is 6.36 Å². The molecule has 1 atom stereocenters. The Kier molecular flexibility index (Phi) is 7.14. The molecule has 4 amide bonds. The fraction of sp³-hybridized carbons (Fsp3) is 0.292. The van der Waals surface area contributed by atoms with Crippen LogP contribution in [-0.2, 0) is 33.9 Å². The number of oxime groups is 1. The first-order valence-electron chi connectivity index (χ1n) is 11.1. The van der Waals surface area contributed by atoms with Gasteiger partial charge in [0.1, 0.15) is 17.5 Å². The number of nitrogens with zero attached hydrogens (tertiary/aromatic N) is 2. The standard InChI is InChI=1S/C24H21F3N4O6/c25-24(26,27)37-16-4-1-13(2-5-16)10-18(30-36)21(33)28-11-14-3-6-17-15(9-14)12-31(23(17)35)19-7-8-20(32)29-22(19)34/h1-6,9,19,36H,7-8,10-12H2,(H,28,33)(H,29,32,34)/b30-18+. The van der Waals surface area contributed by atoms with Crippen LogP contribution in [0.2, 0.25) is 0 Å². The smallest absolute Gasteiger partial charge is 0.410 e. The van der Waals surface area contributed by atoms with E-state index >= 15 is 0 Å². The second-order valence-electron chi connectivity index (χ2n) is 8.49. The number of fused-ring (bicyclic) bond motifs is 1.